The maximum atomic E-state index is 12.0. The SMILES string of the molecule is CC(C)(CCN)CCC(=O)NC1(C)CCOCC1. The quantitative estimate of drug-likeness (QED) is 0.762. The second-order valence-corrected chi connectivity index (χ2v) is 6.42. The molecule has 0 radical (unpaired) electrons. The molecule has 3 N–H and O–H groups in total. The first-order valence-corrected chi connectivity index (χ1v) is 6.96. The largest absolute Gasteiger partial charge is 0.381 e. The first-order chi connectivity index (χ1) is 8.37. The molecule has 1 aliphatic rings. The Morgan fingerprint density at radius 3 is 2.50 bits per heavy atom. The van der Waals surface area contributed by atoms with E-state index in [1.165, 1.54) is 0 Å². The van der Waals surface area contributed by atoms with Crippen LogP contribution in [0.2, 0.25) is 0 Å². The van der Waals surface area contributed by atoms with Crippen LogP contribution in [0.4, 0.5) is 0 Å². The molecule has 0 aromatic carbocycles. The van der Waals surface area contributed by atoms with E-state index in [0.29, 0.717) is 13.0 Å². The van der Waals surface area contributed by atoms with Gasteiger partial charge in [0, 0.05) is 25.2 Å². The van der Waals surface area contributed by atoms with E-state index < -0.39 is 0 Å². The van der Waals surface area contributed by atoms with Crippen LogP contribution in [-0.4, -0.2) is 31.2 Å². The molecule has 0 spiro atoms. The molecule has 106 valence electrons. The molecule has 1 saturated heterocycles. The van der Waals surface area contributed by atoms with Gasteiger partial charge in [0.25, 0.3) is 0 Å². The Morgan fingerprint density at radius 2 is 1.94 bits per heavy atom. The molecule has 0 aromatic rings. The van der Waals surface area contributed by atoms with Crippen molar-refractivity contribution in [1.29, 1.82) is 0 Å². The van der Waals surface area contributed by atoms with Gasteiger partial charge in [0.2, 0.25) is 5.91 Å². The summed E-state index contributed by atoms with van der Waals surface area (Å²) in [6, 6.07) is 0. The van der Waals surface area contributed by atoms with Crippen molar-refractivity contribution in [2.24, 2.45) is 11.1 Å². The van der Waals surface area contributed by atoms with E-state index in [-0.39, 0.29) is 16.9 Å². The molecule has 1 amide bonds. The fraction of sp³-hybridized carbons (Fsp3) is 0.929. The number of amides is 1. The third-order valence-corrected chi connectivity index (χ3v) is 3.89. The minimum Gasteiger partial charge on any atom is -0.381 e. The van der Waals surface area contributed by atoms with Crippen LogP contribution in [0.5, 0.6) is 0 Å². The molecule has 1 heterocycles. The summed E-state index contributed by atoms with van der Waals surface area (Å²) in [6.45, 7) is 8.62. The Kier molecular flexibility index (Phi) is 5.60. The zero-order chi connectivity index (χ0) is 13.6. The highest BCUT2D eigenvalue weighted by Gasteiger charge is 2.29. The van der Waals surface area contributed by atoms with Crippen LogP contribution < -0.4 is 11.1 Å². The highest BCUT2D eigenvalue weighted by atomic mass is 16.5. The summed E-state index contributed by atoms with van der Waals surface area (Å²) in [5.74, 6) is 0.157. The first-order valence-electron chi connectivity index (χ1n) is 6.96. The summed E-state index contributed by atoms with van der Waals surface area (Å²) in [7, 11) is 0. The summed E-state index contributed by atoms with van der Waals surface area (Å²) in [6.07, 6.45) is 4.26. The van der Waals surface area contributed by atoms with Gasteiger partial charge in [-0.05, 0) is 44.6 Å². The molecular formula is C14H28N2O2. The molecule has 1 fully saturated rings. The highest BCUT2D eigenvalue weighted by molar-refractivity contribution is 5.76. The van der Waals surface area contributed by atoms with Crippen molar-refractivity contribution in [3.8, 4) is 0 Å². The Balaban J connectivity index is 2.32. The molecule has 1 aliphatic heterocycles. The van der Waals surface area contributed by atoms with Crippen molar-refractivity contribution in [3.05, 3.63) is 0 Å². The average Bonchev–Trinajstić information content (AvgIpc) is 2.27. The molecule has 4 heteroatoms. The molecule has 0 aromatic heterocycles. The van der Waals surface area contributed by atoms with Gasteiger partial charge < -0.3 is 15.8 Å². The number of rotatable bonds is 6. The number of nitrogens with one attached hydrogen (secondary N) is 1. The summed E-state index contributed by atoms with van der Waals surface area (Å²) in [5, 5.41) is 3.16. The van der Waals surface area contributed by atoms with Crippen LogP contribution >= 0.6 is 0 Å². The zero-order valence-electron chi connectivity index (χ0n) is 12.1. The lowest BCUT2D eigenvalue weighted by Crippen LogP contribution is -2.49. The van der Waals surface area contributed by atoms with Gasteiger partial charge in [-0.15, -0.1) is 0 Å². The van der Waals surface area contributed by atoms with E-state index in [1.807, 2.05) is 0 Å². The van der Waals surface area contributed by atoms with E-state index in [9.17, 15) is 4.79 Å². The average molecular weight is 256 g/mol. The van der Waals surface area contributed by atoms with Gasteiger partial charge >= 0.3 is 0 Å². The molecule has 4 nitrogen and oxygen atoms in total. The van der Waals surface area contributed by atoms with Crippen LogP contribution in [0.3, 0.4) is 0 Å². The fourth-order valence-corrected chi connectivity index (χ4v) is 2.31. The van der Waals surface area contributed by atoms with Crippen LogP contribution in [0.25, 0.3) is 0 Å². The number of hydrogen-bond donors (Lipinski definition) is 2. The van der Waals surface area contributed by atoms with Gasteiger partial charge in [-0.3, -0.25) is 4.79 Å². The van der Waals surface area contributed by atoms with Crippen LogP contribution in [0.1, 0.15) is 52.9 Å². The third-order valence-electron chi connectivity index (χ3n) is 3.89. The number of hydrogen-bond acceptors (Lipinski definition) is 3. The molecular weight excluding hydrogens is 228 g/mol. The predicted molar refractivity (Wildman–Crippen MR) is 73.3 cm³/mol. The standard InChI is InChI=1S/C14H28N2O2/c1-13(2,6-9-15)5-4-12(17)16-14(3)7-10-18-11-8-14/h4-11,15H2,1-3H3,(H,16,17). The Labute approximate surface area is 111 Å². The van der Waals surface area contributed by atoms with Gasteiger partial charge in [-0.2, -0.15) is 0 Å². The van der Waals surface area contributed by atoms with Crippen molar-refractivity contribution < 1.29 is 9.53 Å². The molecule has 0 atom stereocenters. The Morgan fingerprint density at radius 1 is 1.33 bits per heavy atom. The molecule has 1 rings (SSSR count). The molecule has 0 saturated carbocycles. The summed E-state index contributed by atoms with van der Waals surface area (Å²) < 4.78 is 5.33. The van der Waals surface area contributed by atoms with E-state index in [1.54, 1.807) is 0 Å². The van der Waals surface area contributed by atoms with Crippen molar-refractivity contribution in [2.45, 2.75) is 58.4 Å². The minimum absolute atomic E-state index is 0.0760. The van der Waals surface area contributed by atoms with Crippen LogP contribution in [-0.2, 0) is 9.53 Å². The second-order valence-electron chi connectivity index (χ2n) is 6.42. The fourth-order valence-electron chi connectivity index (χ4n) is 2.31. The predicted octanol–water partition coefficient (Wildman–Crippen LogP) is 1.83. The zero-order valence-corrected chi connectivity index (χ0v) is 12.1. The van der Waals surface area contributed by atoms with Crippen LogP contribution in [0.15, 0.2) is 0 Å². The van der Waals surface area contributed by atoms with Crippen molar-refractivity contribution >= 4 is 5.91 Å². The summed E-state index contributed by atoms with van der Waals surface area (Å²) in [5.41, 5.74) is 5.66. The van der Waals surface area contributed by atoms with Crippen molar-refractivity contribution in [3.63, 3.8) is 0 Å². The molecule has 18 heavy (non-hydrogen) atoms. The summed E-state index contributed by atoms with van der Waals surface area (Å²) in [4.78, 5) is 12.0. The maximum Gasteiger partial charge on any atom is 0.220 e. The molecule has 0 unspecified atom stereocenters. The van der Waals surface area contributed by atoms with Crippen molar-refractivity contribution in [1.82, 2.24) is 5.32 Å². The smallest absolute Gasteiger partial charge is 0.220 e. The van der Waals surface area contributed by atoms with Gasteiger partial charge in [0.05, 0.1) is 0 Å². The number of nitrogens with two attached hydrogens (primary N) is 1. The highest BCUT2D eigenvalue weighted by Crippen LogP contribution is 2.26. The monoisotopic (exact) mass is 256 g/mol. The lowest BCUT2D eigenvalue weighted by atomic mass is 9.84. The van der Waals surface area contributed by atoms with Gasteiger partial charge in [-0.1, -0.05) is 13.8 Å². The molecule has 0 bridgehead atoms. The van der Waals surface area contributed by atoms with Gasteiger partial charge in [-0.25, -0.2) is 0 Å². The lowest BCUT2D eigenvalue weighted by Gasteiger charge is -2.35. The van der Waals surface area contributed by atoms with Crippen molar-refractivity contribution in [2.75, 3.05) is 19.8 Å². The summed E-state index contributed by atoms with van der Waals surface area (Å²) >= 11 is 0. The Hall–Kier alpha value is -0.610. The van der Waals surface area contributed by atoms with E-state index in [4.69, 9.17) is 10.5 Å². The van der Waals surface area contributed by atoms with Gasteiger partial charge in [0.1, 0.15) is 0 Å². The first kappa shape index (κ1) is 15.4. The maximum absolute atomic E-state index is 12.0. The van der Waals surface area contributed by atoms with Gasteiger partial charge in [0.15, 0.2) is 0 Å². The Bertz CT molecular complexity index is 271. The number of carbonyl (C=O) groups is 1. The second kappa shape index (κ2) is 6.53. The number of carbonyl (C=O) groups excluding carboxylic acids is 1. The lowest BCUT2D eigenvalue weighted by molar-refractivity contribution is -0.124. The number of ether oxygens (including phenoxy) is 1. The van der Waals surface area contributed by atoms with E-state index >= 15 is 0 Å². The van der Waals surface area contributed by atoms with E-state index in [0.717, 1.165) is 38.9 Å². The van der Waals surface area contributed by atoms with E-state index in [2.05, 4.69) is 26.1 Å². The minimum atomic E-state index is -0.0760. The van der Waals surface area contributed by atoms with Crippen LogP contribution in [0, 0.1) is 5.41 Å². The third kappa shape index (κ3) is 5.36. The topological polar surface area (TPSA) is 64.4 Å². The normalized spacial score (nSPS) is 19.6. The molecule has 0 aliphatic carbocycles.